The van der Waals surface area contributed by atoms with E-state index in [1.165, 1.54) is 12.1 Å². The topological polar surface area (TPSA) is 44.8 Å². The standard InChI is InChI=1S/C19H22FN3O2/c1-22-9-11-23(12-10-22)18-8-3-2-7-17(18)21-19(24)14-25-16-6-4-5-15(20)13-16/h2-8,13H,9-12,14H2,1H3,(H,21,24). The van der Waals surface area contributed by atoms with Gasteiger partial charge in [0.25, 0.3) is 5.91 Å². The van der Waals surface area contributed by atoms with Crippen LogP contribution >= 0.6 is 0 Å². The molecule has 3 rings (SSSR count). The molecule has 1 heterocycles. The zero-order valence-corrected chi connectivity index (χ0v) is 14.2. The van der Waals surface area contributed by atoms with Gasteiger partial charge in [0, 0.05) is 32.2 Å². The predicted octanol–water partition coefficient (Wildman–Crippen LogP) is 2.60. The highest BCUT2D eigenvalue weighted by molar-refractivity contribution is 5.95. The Bertz CT molecular complexity index is 730. The lowest BCUT2D eigenvalue weighted by Crippen LogP contribution is -2.44. The van der Waals surface area contributed by atoms with Gasteiger partial charge in [-0.1, -0.05) is 18.2 Å². The Morgan fingerprint density at radius 2 is 1.88 bits per heavy atom. The molecule has 2 aromatic carbocycles. The fraction of sp³-hybridized carbons (Fsp3) is 0.316. The molecular weight excluding hydrogens is 321 g/mol. The first kappa shape index (κ1) is 17.2. The number of carbonyl (C=O) groups excluding carboxylic acids is 1. The number of rotatable bonds is 5. The number of amides is 1. The summed E-state index contributed by atoms with van der Waals surface area (Å²) < 4.78 is 18.5. The molecule has 0 unspecified atom stereocenters. The number of para-hydroxylation sites is 2. The maximum atomic E-state index is 13.1. The van der Waals surface area contributed by atoms with Gasteiger partial charge in [0.1, 0.15) is 11.6 Å². The number of benzene rings is 2. The third kappa shape index (κ3) is 4.70. The summed E-state index contributed by atoms with van der Waals surface area (Å²) in [6.45, 7) is 3.66. The first-order valence-electron chi connectivity index (χ1n) is 8.32. The van der Waals surface area contributed by atoms with Gasteiger partial charge in [0.2, 0.25) is 0 Å². The second-order valence-corrected chi connectivity index (χ2v) is 6.10. The summed E-state index contributed by atoms with van der Waals surface area (Å²) in [5, 5.41) is 2.89. The molecule has 0 bridgehead atoms. The minimum absolute atomic E-state index is 0.166. The van der Waals surface area contributed by atoms with Crippen LogP contribution in [0.3, 0.4) is 0 Å². The highest BCUT2D eigenvalue weighted by Gasteiger charge is 2.17. The van der Waals surface area contributed by atoms with Crippen LogP contribution in [0.15, 0.2) is 48.5 Å². The number of halogens is 1. The summed E-state index contributed by atoms with van der Waals surface area (Å²) in [6, 6.07) is 13.5. The molecule has 1 N–H and O–H groups in total. The molecule has 0 atom stereocenters. The van der Waals surface area contributed by atoms with Gasteiger partial charge in [-0.2, -0.15) is 0 Å². The molecule has 1 fully saturated rings. The highest BCUT2D eigenvalue weighted by atomic mass is 19.1. The molecular formula is C19H22FN3O2. The number of nitrogens with zero attached hydrogens (tertiary/aromatic N) is 2. The van der Waals surface area contributed by atoms with Crippen LogP contribution in [0.4, 0.5) is 15.8 Å². The van der Waals surface area contributed by atoms with Crippen molar-refractivity contribution in [3.05, 3.63) is 54.3 Å². The van der Waals surface area contributed by atoms with Crippen molar-refractivity contribution in [1.29, 1.82) is 0 Å². The van der Waals surface area contributed by atoms with Crippen LogP contribution < -0.4 is 15.0 Å². The number of piperazine rings is 1. The van der Waals surface area contributed by atoms with Crippen LogP contribution in [-0.4, -0.2) is 50.6 Å². The molecule has 0 aliphatic carbocycles. The van der Waals surface area contributed by atoms with Crippen molar-refractivity contribution in [3.8, 4) is 5.75 Å². The lowest BCUT2D eigenvalue weighted by atomic mass is 10.2. The van der Waals surface area contributed by atoms with E-state index in [1.54, 1.807) is 12.1 Å². The van der Waals surface area contributed by atoms with Gasteiger partial charge in [-0.25, -0.2) is 4.39 Å². The molecule has 6 heteroatoms. The molecule has 132 valence electrons. The molecule has 5 nitrogen and oxygen atoms in total. The second kappa shape index (κ2) is 7.98. The first-order valence-corrected chi connectivity index (χ1v) is 8.32. The largest absolute Gasteiger partial charge is 0.484 e. The maximum Gasteiger partial charge on any atom is 0.262 e. The molecule has 1 aliphatic heterocycles. The molecule has 0 spiro atoms. The van der Waals surface area contributed by atoms with Crippen LogP contribution in [-0.2, 0) is 4.79 Å². The van der Waals surface area contributed by atoms with Crippen LogP contribution in [0, 0.1) is 5.82 Å². The van der Waals surface area contributed by atoms with Gasteiger partial charge in [0.15, 0.2) is 6.61 Å². The van der Waals surface area contributed by atoms with E-state index in [0.29, 0.717) is 5.75 Å². The number of hydrogen-bond donors (Lipinski definition) is 1. The lowest BCUT2D eigenvalue weighted by molar-refractivity contribution is -0.118. The predicted molar refractivity (Wildman–Crippen MR) is 96.7 cm³/mol. The Balaban J connectivity index is 1.61. The molecule has 0 radical (unpaired) electrons. The molecule has 0 saturated carbocycles. The molecule has 1 amide bonds. The van der Waals surface area contributed by atoms with Crippen molar-refractivity contribution in [2.75, 3.05) is 50.1 Å². The first-order chi connectivity index (χ1) is 12.1. The smallest absolute Gasteiger partial charge is 0.262 e. The van der Waals surface area contributed by atoms with Gasteiger partial charge in [0.05, 0.1) is 11.4 Å². The Hall–Kier alpha value is -2.60. The van der Waals surface area contributed by atoms with Crippen LogP contribution in [0.5, 0.6) is 5.75 Å². The second-order valence-electron chi connectivity index (χ2n) is 6.10. The van der Waals surface area contributed by atoms with E-state index in [4.69, 9.17) is 4.74 Å². The number of likely N-dealkylation sites (N-methyl/N-ethyl adjacent to an activating group) is 1. The van der Waals surface area contributed by atoms with Crippen molar-refractivity contribution >= 4 is 17.3 Å². The quantitative estimate of drug-likeness (QED) is 0.906. The van der Waals surface area contributed by atoms with Crippen molar-refractivity contribution in [2.45, 2.75) is 0 Å². The van der Waals surface area contributed by atoms with Crippen LogP contribution in [0.1, 0.15) is 0 Å². The normalized spacial score (nSPS) is 15.0. The van der Waals surface area contributed by atoms with Gasteiger partial charge in [-0.3, -0.25) is 4.79 Å². The van der Waals surface area contributed by atoms with Gasteiger partial charge in [-0.15, -0.1) is 0 Å². The van der Waals surface area contributed by atoms with Gasteiger partial charge >= 0.3 is 0 Å². The molecule has 1 saturated heterocycles. The van der Waals surface area contributed by atoms with Crippen molar-refractivity contribution in [2.24, 2.45) is 0 Å². The summed E-state index contributed by atoms with van der Waals surface area (Å²) in [5.74, 6) is -0.327. The van der Waals surface area contributed by atoms with E-state index in [9.17, 15) is 9.18 Å². The van der Waals surface area contributed by atoms with Gasteiger partial charge in [-0.05, 0) is 31.3 Å². The SMILES string of the molecule is CN1CCN(c2ccccc2NC(=O)COc2cccc(F)c2)CC1. The zero-order chi connectivity index (χ0) is 17.6. The van der Waals surface area contributed by atoms with Crippen LogP contribution in [0.25, 0.3) is 0 Å². The van der Waals surface area contributed by atoms with E-state index >= 15 is 0 Å². The summed E-state index contributed by atoms with van der Waals surface area (Å²) >= 11 is 0. The summed E-state index contributed by atoms with van der Waals surface area (Å²) in [4.78, 5) is 16.8. The fourth-order valence-corrected chi connectivity index (χ4v) is 2.79. The van der Waals surface area contributed by atoms with Crippen molar-refractivity contribution in [3.63, 3.8) is 0 Å². The molecule has 25 heavy (non-hydrogen) atoms. The monoisotopic (exact) mass is 343 g/mol. The van der Waals surface area contributed by atoms with Crippen molar-refractivity contribution in [1.82, 2.24) is 4.90 Å². The third-order valence-electron chi connectivity index (χ3n) is 4.19. The van der Waals surface area contributed by atoms with E-state index < -0.39 is 5.82 Å². The average Bonchev–Trinajstić information content (AvgIpc) is 2.61. The Morgan fingerprint density at radius 1 is 1.12 bits per heavy atom. The van der Waals surface area contributed by atoms with Crippen LogP contribution in [0.2, 0.25) is 0 Å². The fourth-order valence-electron chi connectivity index (χ4n) is 2.79. The minimum Gasteiger partial charge on any atom is -0.484 e. The van der Waals surface area contributed by atoms with E-state index in [-0.39, 0.29) is 12.5 Å². The Kier molecular flexibility index (Phi) is 5.50. The summed E-state index contributed by atoms with van der Waals surface area (Å²) in [5.41, 5.74) is 1.77. The minimum atomic E-state index is -0.390. The van der Waals surface area contributed by atoms with E-state index in [2.05, 4.69) is 22.2 Å². The summed E-state index contributed by atoms with van der Waals surface area (Å²) in [7, 11) is 2.11. The number of carbonyl (C=O) groups is 1. The lowest BCUT2D eigenvalue weighted by Gasteiger charge is -2.35. The summed E-state index contributed by atoms with van der Waals surface area (Å²) in [6.07, 6.45) is 0. The Morgan fingerprint density at radius 3 is 2.64 bits per heavy atom. The molecule has 1 aliphatic rings. The third-order valence-corrected chi connectivity index (χ3v) is 4.19. The number of hydrogen-bond acceptors (Lipinski definition) is 4. The maximum absolute atomic E-state index is 13.1. The average molecular weight is 343 g/mol. The van der Waals surface area contributed by atoms with Crippen molar-refractivity contribution < 1.29 is 13.9 Å². The zero-order valence-electron chi connectivity index (χ0n) is 14.2. The molecule has 2 aromatic rings. The number of ether oxygens (including phenoxy) is 1. The van der Waals surface area contributed by atoms with Gasteiger partial charge < -0.3 is 19.9 Å². The van der Waals surface area contributed by atoms with E-state index in [1.807, 2.05) is 24.3 Å². The number of nitrogens with one attached hydrogen (secondary N) is 1. The Labute approximate surface area is 147 Å². The number of anilines is 2. The van der Waals surface area contributed by atoms with E-state index in [0.717, 1.165) is 37.6 Å². The molecule has 0 aromatic heterocycles. The highest BCUT2D eigenvalue weighted by Crippen LogP contribution is 2.26.